The number of aromatic nitrogens is 1. The molecule has 1 saturated carbocycles. The number of alkyl halides is 3. The van der Waals surface area contributed by atoms with Crippen molar-refractivity contribution in [1.82, 2.24) is 13.8 Å². The Morgan fingerprint density at radius 3 is 2.44 bits per heavy atom. The summed E-state index contributed by atoms with van der Waals surface area (Å²) in [6.07, 6.45) is -0.312. The molecule has 13 heteroatoms. The molecule has 0 unspecified atom stereocenters. The lowest BCUT2D eigenvalue weighted by atomic mass is 9.90. The third-order valence-electron chi connectivity index (χ3n) is 8.43. The van der Waals surface area contributed by atoms with Crippen molar-refractivity contribution in [2.75, 3.05) is 64.7 Å². The first-order valence-corrected chi connectivity index (χ1v) is 16.5. The summed E-state index contributed by atoms with van der Waals surface area (Å²) < 4.78 is 80.4. The number of hydrogen-bond acceptors (Lipinski definition) is 7. The number of hydrogen-bond donors (Lipinski definition) is 2. The molecule has 0 bridgehead atoms. The smallest absolute Gasteiger partial charge is 0.406 e. The van der Waals surface area contributed by atoms with Crippen LogP contribution in [0.4, 0.5) is 24.5 Å². The summed E-state index contributed by atoms with van der Waals surface area (Å²) in [4.78, 5) is 2.35. The summed E-state index contributed by atoms with van der Waals surface area (Å²) in [7, 11) is 1.91. The Hall–Kier alpha value is -3.44. The predicted octanol–water partition coefficient (Wildman–Crippen LogP) is 4.98. The maximum Gasteiger partial charge on any atom is 0.406 e. The predicted molar refractivity (Wildman–Crippen MR) is 169 cm³/mol. The van der Waals surface area contributed by atoms with Crippen LogP contribution < -0.4 is 15.4 Å². The van der Waals surface area contributed by atoms with E-state index in [4.69, 9.17) is 9.47 Å². The maximum atomic E-state index is 13.7. The van der Waals surface area contributed by atoms with Crippen LogP contribution in [0.25, 0.3) is 10.9 Å². The van der Waals surface area contributed by atoms with Crippen LogP contribution >= 0.6 is 0 Å². The minimum atomic E-state index is -4.43. The van der Waals surface area contributed by atoms with Crippen molar-refractivity contribution in [3.05, 3.63) is 48.2 Å². The molecule has 1 aliphatic carbocycles. The van der Waals surface area contributed by atoms with E-state index in [0.29, 0.717) is 41.6 Å². The number of fused-ring (bicyclic) bond motifs is 1. The van der Waals surface area contributed by atoms with Gasteiger partial charge in [0.15, 0.2) is 0 Å². The van der Waals surface area contributed by atoms with Gasteiger partial charge in [-0.1, -0.05) is 12.0 Å². The highest BCUT2D eigenvalue weighted by Crippen LogP contribution is 2.33. The number of ether oxygens (including phenoxy) is 2. The zero-order valence-corrected chi connectivity index (χ0v) is 26.6. The molecule has 2 aliphatic rings. The van der Waals surface area contributed by atoms with Crippen LogP contribution in [0.1, 0.15) is 31.4 Å². The molecule has 45 heavy (non-hydrogen) atoms. The highest BCUT2D eigenvalue weighted by molar-refractivity contribution is 7.89. The summed E-state index contributed by atoms with van der Waals surface area (Å²) in [6.45, 7) is 0.179. The molecule has 0 amide bonds. The van der Waals surface area contributed by atoms with Crippen LogP contribution in [-0.4, -0.2) is 94.5 Å². The third-order valence-corrected chi connectivity index (χ3v) is 10.3. The maximum absolute atomic E-state index is 13.7. The molecule has 2 fully saturated rings. The van der Waals surface area contributed by atoms with E-state index < -0.39 is 22.7 Å². The van der Waals surface area contributed by atoms with Crippen molar-refractivity contribution in [2.45, 2.75) is 55.4 Å². The highest BCUT2D eigenvalue weighted by atomic mass is 32.2. The standard InChI is InChI=1S/C32H40F3N5O4S/c1-38(2)24-11-9-23(10-12-24)37-28-7-4-8-30-27(28)20-25(40(30)22-32(33,34)35)6-5-15-36-29-14-13-26(21-31(29)43-3)45(41,42)39-16-18-44-19-17-39/h4,7-8,13-14,20-21,23-24,36-37H,9-12,15-19,22H2,1-3H3/t23-,24+. The molecule has 9 nitrogen and oxygen atoms in total. The molecule has 3 aromatic rings. The number of benzene rings is 2. The molecular weight excluding hydrogens is 607 g/mol. The molecule has 0 spiro atoms. The van der Waals surface area contributed by atoms with Gasteiger partial charge in [-0.05, 0) is 76.0 Å². The van der Waals surface area contributed by atoms with Gasteiger partial charge in [0.1, 0.15) is 12.3 Å². The first-order chi connectivity index (χ1) is 21.5. The van der Waals surface area contributed by atoms with Crippen LogP contribution in [0.15, 0.2) is 47.4 Å². The summed E-state index contributed by atoms with van der Waals surface area (Å²) in [5, 5.41) is 7.38. The van der Waals surface area contributed by atoms with E-state index in [0.717, 1.165) is 31.4 Å². The first kappa shape index (κ1) is 32.9. The Balaban J connectivity index is 1.34. The Bertz CT molecular complexity index is 1650. The van der Waals surface area contributed by atoms with Gasteiger partial charge < -0.3 is 29.6 Å². The molecule has 2 heterocycles. The van der Waals surface area contributed by atoms with E-state index in [-0.39, 0.29) is 36.3 Å². The fraction of sp³-hybridized carbons (Fsp3) is 0.500. The lowest BCUT2D eigenvalue weighted by molar-refractivity contribution is -0.140. The van der Waals surface area contributed by atoms with Crippen molar-refractivity contribution < 1.29 is 31.1 Å². The molecule has 1 aromatic heterocycles. The van der Waals surface area contributed by atoms with Gasteiger partial charge in [0.25, 0.3) is 0 Å². The molecule has 2 aromatic carbocycles. The van der Waals surface area contributed by atoms with Crippen LogP contribution in [0.3, 0.4) is 0 Å². The van der Waals surface area contributed by atoms with Crippen molar-refractivity contribution in [2.24, 2.45) is 0 Å². The average Bonchev–Trinajstić information content (AvgIpc) is 3.36. The number of nitrogens with zero attached hydrogens (tertiary/aromatic N) is 3. The third kappa shape index (κ3) is 7.87. The molecule has 244 valence electrons. The first-order valence-electron chi connectivity index (χ1n) is 15.1. The van der Waals surface area contributed by atoms with Gasteiger partial charge in [-0.25, -0.2) is 8.42 Å². The van der Waals surface area contributed by atoms with Crippen molar-refractivity contribution in [1.29, 1.82) is 0 Å². The Labute approximate surface area is 262 Å². The number of methoxy groups -OCH3 is 1. The van der Waals surface area contributed by atoms with Gasteiger partial charge >= 0.3 is 6.18 Å². The zero-order chi connectivity index (χ0) is 32.2. The summed E-state index contributed by atoms with van der Waals surface area (Å²) in [5.74, 6) is 6.17. The van der Waals surface area contributed by atoms with Gasteiger partial charge in [0.05, 0.1) is 48.7 Å². The summed E-state index contributed by atoms with van der Waals surface area (Å²) in [5.41, 5.74) is 2.04. The minimum absolute atomic E-state index is 0.0969. The van der Waals surface area contributed by atoms with Crippen LogP contribution in [0.2, 0.25) is 0 Å². The minimum Gasteiger partial charge on any atom is -0.495 e. The van der Waals surface area contributed by atoms with Gasteiger partial charge in [-0.2, -0.15) is 17.5 Å². The average molecular weight is 648 g/mol. The fourth-order valence-corrected chi connectivity index (χ4v) is 7.43. The highest BCUT2D eigenvalue weighted by Gasteiger charge is 2.31. The second kappa shape index (κ2) is 13.9. The zero-order valence-electron chi connectivity index (χ0n) is 25.8. The SMILES string of the molecule is COc1cc(S(=O)(=O)N2CCOCC2)ccc1NCC#Cc1cc2c(N[C@H]3CC[C@@H](N(C)C)CC3)cccc2n1CC(F)(F)F. The molecule has 5 rings (SSSR count). The Morgan fingerprint density at radius 2 is 1.78 bits per heavy atom. The topological polar surface area (TPSA) is 88.1 Å². The molecule has 1 aliphatic heterocycles. The molecule has 1 saturated heterocycles. The second-order valence-corrected chi connectivity index (χ2v) is 13.6. The van der Waals surface area contributed by atoms with E-state index in [9.17, 15) is 21.6 Å². The number of anilines is 2. The number of nitrogens with one attached hydrogen (secondary N) is 2. The van der Waals surface area contributed by atoms with Crippen LogP contribution in [-0.2, 0) is 21.3 Å². The number of halogens is 3. The normalized spacial score (nSPS) is 19.7. The van der Waals surface area contributed by atoms with Crippen LogP contribution in [0.5, 0.6) is 5.75 Å². The van der Waals surface area contributed by atoms with E-state index in [1.807, 2.05) is 6.07 Å². The molecular formula is C32H40F3N5O4S. The van der Waals surface area contributed by atoms with Crippen molar-refractivity contribution in [3.63, 3.8) is 0 Å². The van der Waals surface area contributed by atoms with Crippen molar-refractivity contribution >= 4 is 32.3 Å². The number of rotatable bonds is 9. The number of morpholine rings is 1. The Kier molecular flexibility index (Phi) is 10.2. The Morgan fingerprint density at radius 1 is 1.04 bits per heavy atom. The fourth-order valence-electron chi connectivity index (χ4n) is 6.01. The van der Waals surface area contributed by atoms with E-state index in [1.165, 1.54) is 28.1 Å². The monoisotopic (exact) mass is 647 g/mol. The van der Waals surface area contributed by atoms with Gasteiger partial charge in [0.2, 0.25) is 10.0 Å². The largest absolute Gasteiger partial charge is 0.495 e. The van der Waals surface area contributed by atoms with E-state index >= 15 is 0 Å². The van der Waals surface area contributed by atoms with Gasteiger partial charge in [0, 0.05) is 42.3 Å². The summed E-state index contributed by atoms with van der Waals surface area (Å²) >= 11 is 0. The van der Waals surface area contributed by atoms with Crippen LogP contribution in [0, 0.1) is 11.8 Å². The quantitative estimate of drug-likeness (QED) is 0.317. The number of sulfonamides is 1. The lowest BCUT2D eigenvalue weighted by Gasteiger charge is -2.33. The lowest BCUT2D eigenvalue weighted by Crippen LogP contribution is -2.40. The summed E-state index contributed by atoms with van der Waals surface area (Å²) in [6, 6.07) is 12.4. The molecule has 0 atom stereocenters. The second-order valence-electron chi connectivity index (χ2n) is 11.6. The van der Waals surface area contributed by atoms with E-state index in [2.05, 4.69) is 41.5 Å². The van der Waals surface area contributed by atoms with E-state index in [1.54, 1.807) is 24.3 Å². The van der Waals surface area contributed by atoms with Crippen molar-refractivity contribution in [3.8, 4) is 17.6 Å². The van der Waals surface area contributed by atoms with Gasteiger partial charge in [-0.15, -0.1) is 0 Å². The van der Waals surface area contributed by atoms with Gasteiger partial charge in [-0.3, -0.25) is 0 Å². The molecule has 0 radical (unpaired) electrons. The molecule has 2 N–H and O–H groups in total.